The van der Waals surface area contributed by atoms with E-state index in [0.29, 0.717) is 5.92 Å². The van der Waals surface area contributed by atoms with Gasteiger partial charge < -0.3 is 4.43 Å². The largest absolute Gasteiger partial charge is 0.418 e. The summed E-state index contributed by atoms with van der Waals surface area (Å²) in [5.41, 5.74) is 4.36. The fraction of sp³-hybridized carbons (Fsp3) is 0.294. The highest BCUT2D eigenvalue weighted by Crippen LogP contribution is 2.35. The molecule has 0 saturated carbocycles. The Labute approximate surface area is 118 Å². The number of rotatable bonds is 4. The number of hydrogen-bond donors (Lipinski definition) is 0. The van der Waals surface area contributed by atoms with Gasteiger partial charge in [-0.15, -0.1) is 0 Å². The molecule has 0 fully saturated rings. The molecule has 1 aromatic rings. The minimum absolute atomic E-state index is 0.454. The molecule has 0 spiro atoms. The minimum Gasteiger partial charge on any atom is -0.418 e. The normalized spacial score (nSPS) is 11.6. The predicted octanol–water partition coefficient (Wildman–Crippen LogP) is 3.04. The van der Waals surface area contributed by atoms with E-state index in [1.165, 1.54) is 21.9 Å². The zero-order valence-electron chi connectivity index (χ0n) is 12.0. The van der Waals surface area contributed by atoms with Crippen molar-refractivity contribution in [1.29, 1.82) is 0 Å². The lowest BCUT2D eigenvalue weighted by Crippen LogP contribution is -2.18. The Morgan fingerprint density at radius 2 is 1.79 bits per heavy atom. The van der Waals surface area contributed by atoms with E-state index in [2.05, 4.69) is 63.2 Å². The first-order valence-corrected chi connectivity index (χ1v) is 8.18. The van der Waals surface area contributed by atoms with E-state index >= 15 is 0 Å². The van der Waals surface area contributed by atoms with Gasteiger partial charge in [0, 0.05) is 6.61 Å². The maximum atomic E-state index is 5.62. The fourth-order valence-corrected chi connectivity index (χ4v) is 3.26. The molecule has 0 bridgehead atoms. The second-order valence-corrected chi connectivity index (χ2v) is 6.94. The monoisotopic (exact) mass is 270 g/mol. The Bertz CT molecular complexity index is 520. The summed E-state index contributed by atoms with van der Waals surface area (Å²) in [5.74, 6) is 0.654. The topological polar surface area (TPSA) is 9.23 Å². The second kappa shape index (κ2) is 6.69. The maximum Gasteiger partial charge on any atom is 0.192 e. The van der Waals surface area contributed by atoms with Gasteiger partial charge in [-0.2, -0.15) is 0 Å². The molecule has 0 heterocycles. The summed E-state index contributed by atoms with van der Waals surface area (Å²) in [6, 6.07) is 17.0. The molecule has 3 rings (SSSR count). The second-order valence-electron chi connectivity index (χ2n) is 5.42. The molecule has 1 nitrogen and oxygen atoms in total. The molecule has 19 heavy (non-hydrogen) atoms. The first-order chi connectivity index (χ1) is 9.16. The molecule has 0 unspecified atom stereocenters. The molecular formula is C17H22OSi. The van der Waals surface area contributed by atoms with E-state index in [-0.39, 0.29) is 0 Å². The Kier molecular flexibility index (Phi) is 4.94. The Balaban J connectivity index is 0.000000159. The van der Waals surface area contributed by atoms with Crippen molar-refractivity contribution in [2.75, 3.05) is 6.61 Å². The summed E-state index contributed by atoms with van der Waals surface area (Å²) in [6.45, 7) is 7.40. The molecule has 0 N–H and O–H groups in total. The first-order valence-electron chi connectivity index (χ1n) is 6.89. The van der Waals surface area contributed by atoms with E-state index < -0.39 is 9.76 Å². The molecule has 0 aromatic heterocycles. The van der Waals surface area contributed by atoms with Crippen LogP contribution >= 0.6 is 0 Å². The molecule has 100 valence electrons. The Morgan fingerprint density at radius 3 is 2.16 bits per heavy atom. The minimum atomic E-state index is -0.454. The van der Waals surface area contributed by atoms with Crippen molar-refractivity contribution in [3.8, 4) is 11.1 Å². The van der Waals surface area contributed by atoms with Crippen LogP contribution in [-0.4, -0.2) is 16.4 Å². The van der Waals surface area contributed by atoms with E-state index in [0.717, 1.165) is 6.61 Å². The molecule has 2 heteroatoms. The number of aryl methyl sites for hydroxylation is 1. The van der Waals surface area contributed by atoms with Crippen LogP contribution in [0.2, 0.25) is 0 Å². The average Bonchev–Trinajstić information content (AvgIpc) is 2.37. The highest BCUT2D eigenvalue weighted by molar-refractivity contribution is 6.46. The van der Waals surface area contributed by atoms with Gasteiger partial charge in [0.05, 0.1) is 0 Å². The summed E-state index contributed by atoms with van der Waals surface area (Å²) in [4.78, 5) is 0. The molecule has 0 saturated heterocycles. The van der Waals surface area contributed by atoms with Crippen molar-refractivity contribution in [2.24, 2.45) is 5.92 Å². The average molecular weight is 270 g/mol. The van der Waals surface area contributed by atoms with Crippen LogP contribution in [0.5, 0.6) is 0 Å². The van der Waals surface area contributed by atoms with Crippen LogP contribution in [0.1, 0.15) is 19.4 Å². The third-order valence-electron chi connectivity index (χ3n) is 3.10. The van der Waals surface area contributed by atoms with Crippen molar-refractivity contribution in [3.05, 3.63) is 54.1 Å². The zero-order chi connectivity index (χ0) is 13.7. The highest BCUT2D eigenvalue weighted by Gasteiger charge is 2.10. The van der Waals surface area contributed by atoms with E-state index in [9.17, 15) is 0 Å². The van der Waals surface area contributed by atoms with Gasteiger partial charge in [-0.1, -0.05) is 62.4 Å². The SMILES string of the molecule is CC(C)CO[SiH2]c1ccccc1.Cc1cc2ccc1-2. The summed E-state index contributed by atoms with van der Waals surface area (Å²) in [5, 5.41) is 1.39. The summed E-state index contributed by atoms with van der Waals surface area (Å²) >= 11 is 0. The van der Waals surface area contributed by atoms with Crippen LogP contribution in [0.25, 0.3) is 11.1 Å². The molecular weight excluding hydrogens is 248 g/mol. The van der Waals surface area contributed by atoms with E-state index in [1.807, 2.05) is 6.07 Å². The maximum absolute atomic E-state index is 5.62. The van der Waals surface area contributed by atoms with Gasteiger partial charge in [0.2, 0.25) is 0 Å². The van der Waals surface area contributed by atoms with Crippen LogP contribution < -0.4 is 5.19 Å². The quantitative estimate of drug-likeness (QED) is 0.662. The van der Waals surface area contributed by atoms with Crippen LogP contribution in [0.15, 0.2) is 48.5 Å². The summed E-state index contributed by atoms with van der Waals surface area (Å²) in [7, 11) is -0.454. The third-order valence-corrected chi connectivity index (χ3v) is 4.34. The molecule has 0 radical (unpaired) electrons. The van der Waals surface area contributed by atoms with Crippen molar-refractivity contribution in [2.45, 2.75) is 20.8 Å². The molecule has 0 atom stereocenters. The predicted molar refractivity (Wildman–Crippen MR) is 85.6 cm³/mol. The lowest BCUT2D eigenvalue weighted by Gasteiger charge is -2.17. The van der Waals surface area contributed by atoms with Crippen molar-refractivity contribution < 1.29 is 4.43 Å². The molecule has 0 aliphatic heterocycles. The molecule has 0 amide bonds. The summed E-state index contributed by atoms with van der Waals surface area (Å²) < 4.78 is 5.62. The first kappa shape index (κ1) is 14.0. The van der Waals surface area contributed by atoms with Gasteiger partial charge in [-0.25, -0.2) is 0 Å². The van der Waals surface area contributed by atoms with E-state index in [1.54, 1.807) is 0 Å². The lowest BCUT2D eigenvalue weighted by atomic mass is 9.88. The Morgan fingerprint density at radius 1 is 1.05 bits per heavy atom. The van der Waals surface area contributed by atoms with Gasteiger partial charge in [0.1, 0.15) is 0 Å². The van der Waals surface area contributed by atoms with Crippen molar-refractivity contribution >= 4 is 14.9 Å². The fourth-order valence-electron chi connectivity index (χ4n) is 1.97. The summed E-state index contributed by atoms with van der Waals surface area (Å²) in [6.07, 6.45) is 0. The molecule has 1 aromatic carbocycles. The number of benzene rings is 2. The highest BCUT2D eigenvalue weighted by atomic mass is 28.2. The van der Waals surface area contributed by atoms with Crippen LogP contribution in [-0.2, 0) is 4.43 Å². The van der Waals surface area contributed by atoms with Gasteiger partial charge >= 0.3 is 0 Å². The van der Waals surface area contributed by atoms with Gasteiger partial charge in [0.15, 0.2) is 9.76 Å². The smallest absolute Gasteiger partial charge is 0.192 e. The van der Waals surface area contributed by atoms with Crippen molar-refractivity contribution in [1.82, 2.24) is 0 Å². The van der Waals surface area contributed by atoms with Crippen LogP contribution in [0, 0.1) is 12.8 Å². The van der Waals surface area contributed by atoms with Gasteiger partial charge in [-0.05, 0) is 34.7 Å². The van der Waals surface area contributed by atoms with Crippen LogP contribution in [0.3, 0.4) is 0 Å². The van der Waals surface area contributed by atoms with E-state index in [4.69, 9.17) is 4.43 Å². The molecule has 2 aliphatic rings. The van der Waals surface area contributed by atoms with Crippen LogP contribution in [0.4, 0.5) is 0 Å². The Hall–Kier alpha value is -1.38. The zero-order valence-corrected chi connectivity index (χ0v) is 13.4. The lowest BCUT2D eigenvalue weighted by molar-refractivity contribution is 0.289. The number of hydrogen-bond acceptors (Lipinski definition) is 1. The van der Waals surface area contributed by atoms with Gasteiger partial charge in [-0.3, -0.25) is 0 Å². The number of fused-ring (bicyclic) bond motifs is 1. The standard InChI is InChI=1S/C10H16OSi.C7H6/c1-9(2)8-11-12-10-6-4-3-5-7-10;1-5-4-6-2-3-7(5)6/h3-7,9H,8,12H2,1-2H3;2-4H,1H3. The van der Waals surface area contributed by atoms with Gasteiger partial charge in [0.25, 0.3) is 0 Å². The van der Waals surface area contributed by atoms with Crippen molar-refractivity contribution in [3.63, 3.8) is 0 Å². The molecule has 2 aliphatic carbocycles. The third kappa shape index (κ3) is 4.05.